The number of hydrogen-bond acceptors (Lipinski definition) is 2. The van der Waals surface area contributed by atoms with Crippen molar-refractivity contribution in [3.05, 3.63) is 24.0 Å². The molecule has 2 fully saturated rings. The van der Waals surface area contributed by atoms with Gasteiger partial charge >= 0.3 is 6.03 Å². The zero-order chi connectivity index (χ0) is 11.8. The van der Waals surface area contributed by atoms with E-state index >= 15 is 0 Å². The molecule has 2 saturated heterocycles. The first kappa shape index (κ1) is 10.8. The van der Waals surface area contributed by atoms with Gasteiger partial charge in [-0.1, -0.05) is 0 Å². The number of nitrogens with zero attached hydrogens (tertiary/aromatic N) is 2. The van der Waals surface area contributed by atoms with E-state index in [0.29, 0.717) is 6.04 Å². The van der Waals surface area contributed by atoms with Gasteiger partial charge in [0.05, 0.1) is 0 Å². The largest absolute Gasteiger partial charge is 0.333 e. The zero-order valence-corrected chi connectivity index (χ0v) is 10.2. The molecular weight excluding hydrogens is 214 g/mol. The van der Waals surface area contributed by atoms with Crippen LogP contribution in [0, 0.1) is 12.8 Å². The molecule has 0 radical (unpaired) electrons. The summed E-state index contributed by atoms with van der Waals surface area (Å²) in [7, 11) is 0. The highest BCUT2D eigenvalue weighted by Crippen LogP contribution is 2.26. The van der Waals surface area contributed by atoms with Gasteiger partial charge < -0.3 is 10.2 Å². The van der Waals surface area contributed by atoms with Gasteiger partial charge in [-0.3, -0.25) is 4.57 Å². The van der Waals surface area contributed by atoms with Crippen LogP contribution in [0.5, 0.6) is 0 Å². The Balaban J connectivity index is 1.62. The first-order valence-corrected chi connectivity index (χ1v) is 6.38. The monoisotopic (exact) mass is 233 g/mol. The fraction of sp³-hybridized carbons (Fsp3) is 0.615. The molecule has 2 aliphatic rings. The van der Waals surface area contributed by atoms with E-state index < -0.39 is 0 Å². The lowest BCUT2D eigenvalue weighted by molar-refractivity contribution is 0.206. The number of carbonyl (C=O) groups is 1. The van der Waals surface area contributed by atoms with Crippen molar-refractivity contribution in [1.82, 2.24) is 14.8 Å². The van der Waals surface area contributed by atoms with Crippen molar-refractivity contribution < 1.29 is 4.79 Å². The molecule has 3 rings (SSSR count). The molecule has 1 aromatic heterocycles. The number of rotatable bonds is 1. The Labute approximate surface area is 102 Å². The number of amides is 1. The summed E-state index contributed by atoms with van der Waals surface area (Å²) in [6.45, 7) is 5.45. The predicted molar refractivity (Wildman–Crippen MR) is 66.1 cm³/mol. The minimum absolute atomic E-state index is 0.00519. The molecule has 3 unspecified atom stereocenters. The molecule has 1 aromatic rings. The first-order valence-electron chi connectivity index (χ1n) is 6.38. The highest BCUT2D eigenvalue weighted by atomic mass is 16.2. The Hall–Kier alpha value is -1.29. The molecule has 3 atom stereocenters. The summed E-state index contributed by atoms with van der Waals surface area (Å²) >= 11 is 0. The van der Waals surface area contributed by atoms with Crippen LogP contribution in [0.2, 0.25) is 0 Å². The maximum atomic E-state index is 12.0. The van der Waals surface area contributed by atoms with Crippen molar-refractivity contribution in [2.45, 2.75) is 25.8 Å². The molecule has 4 heteroatoms. The van der Waals surface area contributed by atoms with E-state index in [1.54, 1.807) is 4.57 Å². The van der Waals surface area contributed by atoms with Gasteiger partial charge in [-0.2, -0.15) is 0 Å². The summed E-state index contributed by atoms with van der Waals surface area (Å²) in [6, 6.07) is 2.28. The molecule has 17 heavy (non-hydrogen) atoms. The first-order chi connectivity index (χ1) is 8.20. The topological polar surface area (TPSA) is 37.3 Å². The number of aryl methyl sites for hydroxylation is 1. The summed E-state index contributed by atoms with van der Waals surface area (Å²) in [6.07, 6.45) is 6.13. The summed E-state index contributed by atoms with van der Waals surface area (Å²) in [5.74, 6) is 0.792. The number of piperidine rings is 1. The second kappa shape index (κ2) is 4.18. The number of nitrogens with one attached hydrogen (secondary N) is 1. The van der Waals surface area contributed by atoms with E-state index in [1.807, 2.05) is 25.4 Å². The van der Waals surface area contributed by atoms with Crippen molar-refractivity contribution >= 4 is 6.03 Å². The molecule has 2 bridgehead atoms. The third-order valence-electron chi connectivity index (χ3n) is 3.87. The minimum atomic E-state index is 0.00519. The van der Waals surface area contributed by atoms with E-state index in [-0.39, 0.29) is 6.03 Å². The molecule has 0 saturated carbocycles. The molecular formula is C13H19N3O. The van der Waals surface area contributed by atoms with Crippen LogP contribution in [0.3, 0.4) is 0 Å². The molecule has 3 heterocycles. The van der Waals surface area contributed by atoms with Crippen LogP contribution in [0.1, 0.15) is 18.4 Å². The van der Waals surface area contributed by atoms with Gasteiger partial charge in [-0.25, -0.2) is 4.79 Å². The summed E-state index contributed by atoms with van der Waals surface area (Å²) in [4.78, 5) is 14.5. The number of fused-ring (bicyclic) bond motifs is 2. The Morgan fingerprint density at radius 1 is 1.47 bits per heavy atom. The number of hydrogen-bond donors (Lipinski definition) is 1. The van der Waals surface area contributed by atoms with Gasteiger partial charge in [0.1, 0.15) is 0 Å². The fourth-order valence-corrected chi connectivity index (χ4v) is 3.04. The van der Waals surface area contributed by atoms with Crippen LogP contribution in [-0.2, 0) is 0 Å². The average Bonchev–Trinajstić information content (AvgIpc) is 2.85. The maximum absolute atomic E-state index is 12.0. The molecule has 92 valence electrons. The Morgan fingerprint density at radius 3 is 3.06 bits per heavy atom. The Morgan fingerprint density at radius 2 is 2.35 bits per heavy atom. The third kappa shape index (κ3) is 2.22. The van der Waals surface area contributed by atoms with Crippen LogP contribution >= 0.6 is 0 Å². The molecule has 4 nitrogen and oxygen atoms in total. The number of aromatic nitrogens is 1. The lowest BCUT2D eigenvalue weighted by atomic mass is 9.97. The lowest BCUT2D eigenvalue weighted by Crippen LogP contribution is -2.47. The second-order valence-corrected chi connectivity index (χ2v) is 5.39. The van der Waals surface area contributed by atoms with E-state index in [2.05, 4.69) is 10.2 Å². The Bertz CT molecular complexity index is 414. The molecule has 1 N–H and O–H groups in total. The molecule has 0 aliphatic carbocycles. The summed E-state index contributed by atoms with van der Waals surface area (Å²) in [5.41, 5.74) is 1.12. The summed E-state index contributed by atoms with van der Waals surface area (Å²) in [5, 5.41) is 3.13. The van der Waals surface area contributed by atoms with Crippen LogP contribution in [0.25, 0.3) is 0 Å². The average molecular weight is 233 g/mol. The third-order valence-corrected chi connectivity index (χ3v) is 3.87. The van der Waals surface area contributed by atoms with Crippen molar-refractivity contribution in [2.24, 2.45) is 5.92 Å². The molecule has 1 amide bonds. The predicted octanol–water partition coefficient (Wildman–Crippen LogP) is 1.45. The van der Waals surface area contributed by atoms with Gasteiger partial charge in [-0.15, -0.1) is 0 Å². The van der Waals surface area contributed by atoms with Crippen molar-refractivity contribution in [3.8, 4) is 0 Å². The van der Waals surface area contributed by atoms with E-state index in [0.717, 1.165) is 24.4 Å². The molecule has 0 aromatic carbocycles. The fourth-order valence-electron chi connectivity index (χ4n) is 3.04. The van der Waals surface area contributed by atoms with Crippen LogP contribution in [0.4, 0.5) is 4.79 Å². The van der Waals surface area contributed by atoms with Gasteiger partial charge in [0, 0.05) is 31.5 Å². The lowest BCUT2D eigenvalue weighted by Gasteiger charge is -2.30. The number of carbonyl (C=O) groups excluding carboxylic acids is 1. The second-order valence-electron chi connectivity index (χ2n) is 5.39. The van der Waals surface area contributed by atoms with Crippen molar-refractivity contribution in [3.63, 3.8) is 0 Å². The van der Waals surface area contributed by atoms with Crippen molar-refractivity contribution in [2.75, 3.05) is 19.6 Å². The van der Waals surface area contributed by atoms with Crippen LogP contribution < -0.4 is 5.32 Å². The normalized spacial score (nSPS) is 31.5. The smallest absolute Gasteiger partial charge is 0.325 e. The van der Waals surface area contributed by atoms with Gasteiger partial charge in [0.15, 0.2) is 0 Å². The highest BCUT2D eigenvalue weighted by Gasteiger charge is 2.32. The summed E-state index contributed by atoms with van der Waals surface area (Å²) < 4.78 is 1.64. The van der Waals surface area contributed by atoms with Crippen molar-refractivity contribution in [1.29, 1.82) is 0 Å². The SMILES string of the molecule is Cc1ccn(C(=O)NC2CC3CCN(C3)C2)c1. The van der Waals surface area contributed by atoms with Crippen LogP contribution in [-0.4, -0.2) is 41.2 Å². The van der Waals surface area contributed by atoms with Gasteiger partial charge in [-0.05, 0) is 43.9 Å². The highest BCUT2D eigenvalue weighted by molar-refractivity contribution is 5.77. The van der Waals surface area contributed by atoms with Gasteiger partial charge in [0.25, 0.3) is 0 Å². The maximum Gasteiger partial charge on any atom is 0.325 e. The van der Waals surface area contributed by atoms with Gasteiger partial charge in [0.2, 0.25) is 0 Å². The zero-order valence-electron chi connectivity index (χ0n) is 10.2. The quantitative estimate of drug-likeness (QED) is 0.797. The van der Waals surface area contributed by atoms with E-state index in [9.17, 15) is 4.79 Å². The molecule has 0 spiro atoms. The standard InChI is InChI=1S/C13H19N3O/c1-10-2-5-16(7-10)13(17)14-12-6-11-3-4-15(8-11)9-12/h2,5,7,11-12H,3-4,6,8-9H2,1H3,(H,14,17). The molecule has 2 aliphatic heterocycles. The van der Waals surface area contributed by atoms with E-state index in [4.69, 9.17) is 0 Å². The Kier molecular flexibility index (Phi) is 2.67. The van der Waals surface area contributed by atoms with Crippen LogP contribution in [0.15, 0.2) is 18.5 Å². The van der Waals surface area contributed by atoms with E-state index in [1.165, 1.54) is 19.5 Å². The minimum Gasteiger partial charge on any atom is -0.333 e.